The Morgan fingerprint density at radius 3 is 3.00 bits per heavy atom. The standard InChI is InChI=1S/C14H21NO2S/c1-14(16,10-18-2)9-15-8-12-7-11-5-3-4-6-13(11)17-12/h3-6,12,15-16H,7-10H2,1-2H3. The van der Waals surface area contributed by atoms with E-state index in [0.29, 0.717) is 6.54 Å². The van der Waals surface area contributed by atoms with E-state index in [1.165, 1.54) is 5.56 Å². The predicted octanol–water partition coefficient (Wildman–Crippen LogP) is 1.69. The Labute approximate surface area is 113 Å². The summed E-state index contributed by atoms with van der Waals surface area (Å²) in [7, 11) is 0. The van der Waals surface area contributed by atoms with Crippen molar-refractivity contribution in [3.63, 3.8) is 0 Å². The van der Waals surface area contributed by atoms with Gasteiger partial charge in [-0.3, -0.25) is 0 Å². The Morgan fingerprint density at radius 1 is 1.50 bits per heavy atom. The third-order valence-corrected chi connectivity index (χ3v) is 3.96. The molecule has 1 aromatic rings. The van der Waals surface area contributed by atoms with Gasteiger partial charge >= 0.3 is 0 Å². The van der Waals surface area contributed by atoms with Crippen LogP contribution < -0.4 is 10.1 Å². The molecule has 0 bridgehead atoms. The van der Waals surface area contributed by atoms with Gasteiger partial charge < -0.3 is 15.2 Å². The van der Waals surface area contributed by atoms with E-state index in [1.807, 2.05) is 31.4 Å². The zero-order valence-electron chi connectivity index (χ0n) is 11.0. The zero-order chi connectivity index (χ0) is 13.0. The molecule has 2 rings (SSSR count). The van der Waals surface area contributed by atoms with Gasteiger partial charge in [0.05, 0.1) is 5.60 Å². The van der Waals surface area contributed by atoms with Crippen molar-refractivity contribution in [3.8, 4) is 5.75 Å². The molecule has 0 amide bonds. The van der Waals surface area contributed by atoms with Gasteiger partial charge in [0.15, 0.2) is 0 Å². The maximum atomic E-state index is 10.0. The van der Waals surface area contributed by atoms with E-state index in [1.54, 1.807) is 11.8 Å². The molecule has 0 radical (unpaired) electrons. The second kappa shape index (κ2) is 5.95. The third-order valence-electron chi connectivity index (χ3n) is 3.05. The first-order valence-electron chi connectivity index (χ1n) is 6.27. The monoisotopic (exact) mass is 267 g/mol. The van der Waals surface area contributed by atoms with Crippen LogP contribution in [0.1, 0.15) is 12.5 Å². The first-order chi connectivity index (χ1) is 8.61. The smallest absolute Gasteiger partial charge is 0.123 e. The van der Waals surface area contributed by atoms with E-state index in [2.05, 4.69) is 11.4 Å². The summed E-state index contributed by atoms with van der Waals surface area (Å²) in [6, 6.07) is 8.16. The molecule has 0 aliphatic carbocycles. The van der Waals surface area contributed by atoms with E-state index in [4.69, 9.17) is 4.74 Å². The average Bonchev–Trinajstić information content (AvgIpc) is 2.71. The molecular formula is C14H21NO2S. The number of fused-ring (bicyclic) bond motifs is 1. The molecule has 2 N–H and O–H groups in total. The maximum absolute atomic E-state index is 10.0. The van der Waals surface area contributed by atoms with Crippen LogP contribution in [0.15, 0.2) is 24.3 Å². The molecule has 0 saturated carbocycles. The number of rotatable bonds is 6. The third kappa shape index (κ3) is 3.64. The van der Waals surface area contributed by atoms with Crippen molar-refractivity contribution in [2.75, 3.05) is 25.1 Å². The second-order valence-electron chi connectivity index (χ2n) is 5.11. The fourth-order valence-electron chi connectivity index (χ4n) is 2.23. The van der Waals surface area contributed by atoms with Crippen LogP contribution in [0.3, 0.4) is 0 Å². The number of hydrogen-bond donors (Lipinski definition) is 2. The minimum atomic E-state index is -0.648. The summed E-state index contributed by atoms with van der Waals surface area (Å²) in [6.07, 6.45) is 3.14. The largest absolute Gasteiger partial charge is 0.488 e. The molecule has 18 heavy (non-hydrogen) atoms. The first kappa shape index (κ1) is 13.7. The number of nitrogens with one attached hydrogen (secondary N) is 1. The van der Waals surface area contributed by atoms with Gasteiger partial charge in [-0.15, -0.1) is 0 Å². The average molecular weight is 267 g/mol. The molecule has 0 saturated heterocycles. The fraction of sp³-hybridized carbons (Fsp3) is 0.571. The van der Waals surface area contributed by atoms with Crippen LogP contribution in [0.5, 0.6) is 5.75 Å². The predicted molar refractivity (Wildman–Crippen MR) is 76.4 cm³/mol. The Balaban J connectivity index is 1.74. The number of hydrogen-bond acceptors (Lipinski definition) is 4. The lowest BCUT2D eigenvalue weighted by Gasteiger charge is -2.23. The molecule has 4 heteroatoms. The molecule has 1 aliphatic rings. The van der Waals surface area contributed by atoms with Crippen molar-refractivity contribution in [1.29, 1.82) is 0 Å². The molecular weight excluding hydrogens is 246 g/mol. The Bertz CT molecular complexity index is 370. The van der Waals surface area contributed by atoms with Crippen molar-refractivity contribution in [3.05, 3.63) is 29.8 Å². The number of ether oxygens (including phenoxy) is 1. The van der Waals surface area contributed by atoms with Crippen LogP contribution >= 0.6 is 11.8 Å². The highest BCUT2D eigenvalue weighted by molar-refractivity contribution is 7.98. The van der Waals surface area contributed by atoms with Gasteiger partial charge in [-0.2, -0.15) is 11.8 Å². The first-order valence-corrected chi connectivity index (χ1v) is 7.67. The summed E-state index contributed by atoms with van der Waals surface area (Å²) in [5.74, 6) is 1.74. The van der Waals surface area contributed by atoms with Gasteiger partial charge in [-0.05, 0) is 24.8 Å². The summed E-state index contributed by atoms with van der Waals surface area (Å²) < 4.78 is 5.83. The van der Waals surface area contributed by atoms with Crippen LogP contribution in [0, 0.1) is 0 Å². The zero-order valence-corrected chi connectivity index (χ0v) is 11.8. The second-order valence-corrected chi connectivity index (χ2v) is 5.98. The van der Waals surface area contributed by atoms with Crippen LogP contribution in [0.4, 0.5) is 0 Å². The molecule has 1 aliphatic heterocycles. The lowest BCUT2D eigenvalue weighted by atomic mass is 10.1. The van der Waals surface area contributed by atoms with Gasteiger partial charge in [0.1, 0.15) is 11.9 Å². The topological polar surface area (TPSA) is 41.5 Å². The van der Waals surface area contributed by atoms with Crippen molar-refractivity contribution in [2.45, 2.75) is 25.0 Å². The summed E-state index contributed by atoms with van der Waals surface area (Å²) in [6.45, 7) is 3.24. The van der Waals surface area contributed by atoms with Gasteiger partial charge in [0, 0.05) is 25.3 Å². The highest BCUT2D eigenvalue weighted by atomic mass is 32.2. The fourth-order valence-corrected chi connectivity index (χ4v) is 2.96. The molecule has 0 aromatic heterocycles. The molecule has 2 unspecified atom stereocenters. The van der Waals surface area contributed by atoms with Gasteiger partial charge in [-0.25, -0.2) is 0 Å². The number of para-hydroxylation sites is 1. The maximum Gasteiger partial charge on any atom is 0.123 e. The van der Waals surface area contributed by atoms with E-state index in [-0.39, 0.29) is 6.10 Å². The molecule has 0 fully saturated rings. The number of aliphatic hydroxyl groups is 1. The Kier molecular flexibility index (Phi) is 4.54. The van der Waals surface area contributed by atoms with E-state index in [0.717, 1.165) is 24.5 Å². The minimum Gasteiger partial charge on any atom is -0.488 e. The van der Waals surface area contributed by atoms with Crippen LogP contribution in [-0.4, -0.2) is 41.9 Å². The molecule has 3 nitrogen and oxygen atoms in total. The summed E-state index contributed by atoms with van der Waals surface area (Å²) >= 11 is 1.66. The van der Waals surface area contributed by atoms with Crippen molar-refractivity contribution < 1.29 is 9.84 Å². The lowest BCUT2D eigenvalue weighted by Crippen LogP contribution is -2.43. The molecule has 2 atom stereocenters. The summed E-state index contributed by atoms with van der Waals surface area (Å²) in [5, 5.41) is 13.3. The highest BCUT2D eigenvalue weighted by Crippen LogP contribution is 2.27. The number of benzene rings is 1. The molecule has 0 spiro atoms. The Hall–Kier alpha value is -0.710. The van der Waals surface area contributed by atoms with E-state index < -0.39 is 5.60 Å². The lowest BCUT2D eigenvalue weighted by molar-refractivity contribution is 0.0814. The normalized spacial score (nSPS) is 21.2. The Morgan fingerprint density at radius 2 is 2.28 bits per heavy atom. The van der Waals surface area contributed by atoms with E-state index in [9.17, 15) is 5.11 Å². The molecule has 1 aromatic carbocycles. The summed E-state index contributed by atoms with van der Waals surface area (Å²) in [4.78, 5) is 0. The molecule has 100 valence electrons. The van der Waals surface area contributed by atoms with Gasteiger partial charge in [0.2, 0.25) is 0 Å². The van der Waals surface area contributed by atoms with Gasteiger partial charge in [0.25, 0.3) is 0 Å². The quantitative estimate of drug-likeness (QED) is 0.823. The minimum absolute atomic E-state index is 0.187. The van der Waals surface area contributed by atoms with Crippen molar-refractivity contribution in [1.82, 2.24) is 5.32 Å². The van der Waals surface area contributed by atoms with Gasteiger partial charge in [-0.1, -0.05) is 18.2 Å². The number of thioether (sulfide) groups is 1. The van der Waals surface area contributed by atoms with Crippen molar-refractivity contribution in [2.24, 2.45) is 0 Å². The van der Waals surface area contributed by atoms with Crippen molar-refractivity contribution >= 4 is 11.8 Å². The molecule has 1 heterocycles. The summed E-state index contributed by atoms with van der Waals surface area (Å²) in [5.41, 5.74) is 0.630. The van der Waals surface area contributed by atoms with Crippen LogP contribution in [0.25, 0.3) is 0 Å². The SMILES string of the molecule is CSCC(C)(O)CNCC1Cc2ccccc2O1. The highest BCUT2D eigenvalue weighted by Gasteiger charge is 2.24. The van der Waals surface area contributed by atoms with E-state index >= 15 is 0 Å². The van der Waals surface area contributed by atoms with Crippen LogP contribution in [-0.2, 0) is 6.42 Å². The van der Waals surface area contributed by atoms with Crippen LogP contribution in [0.2, 0.25) is 0 Å².